The summed E-state index contributed by atoms with van der Waals surface area (Å²) in [5.41, 5.74) is 10.6. The third-order valence-corrected chi connectivity index (χ3v) is 6.33. The van der Waals surface area contributed by atoms with Gasteiger partial charge < -0.3 is 15.4 Å². The molecule has 1 saturated heterocycles. The Labute approximate surface area is 191 Å². The van der Waals surface area contributed by atoms with Crippen molar-refractivity contribution in [2.24, 2.45) is 0 Å². The minimum atomic E-state index is -0.311. The summed E-state index contributed by atoms with van der Waals surface area (Å²) in [5, 5.41) is 7.39. The highest BCUT2D eigenvalue weighted by Gasteiger charge is 2.38. The SMILES string of the molecule is CC1(C)Cc2cnc(N)nc2-c2n[nH]c(C(=O)Cc3ccc(C(=O)N4CCOCC4)cc3)c21. The highest BCUT2D eigenvalue weighted by atomic mass is 16.5. The molecule has 33 heavy (non-hydrogen) atoms. The number of carbonyl (C=O) groups excluding carboxylic acids is 2. The molecule has 5 rings (SSSR count). The van der Waals surface area contributed by atoms with E-state index in [0.29, 0.717) is 55.4 Å². The van der Waals surface area contributed by atoms with E-state index in [-0.39, 0.29) is 29.5 Å². The van der Waals surface area contributed by atoms with Gasteiger partial charge in [0.2, 0.25) is 5.95 Å². The van der Waals surface area contributed by atoms with E-state index in [0.717, 1.165) is 16.7 Å². The largest absolute Gasteiger partial charge is 0.378 e. The normalized spacial score (nSPS) is 16.7. The van der Waals surface area contributed by atoms with Crippen LogP contribution in [-0.4, -0.2) is 63.1 Å². The number of morpholine rings is 1. The first-order valence-corrected chi connectivity index (χ1v) is 11.0. The Balaban J connectivity index is 1.38. The maximum absolute atomic E-state index is 13.3. The third kappa shape index (κ3) is 3.89. The van der Waals surface area contributed by atoms with Crippen molar-refractivity contribution in [3.8, 4) is 11.4 Å². The molecule has 2 aliphatic rings. The number of carbonyl (C=O) groups is 2. The predicted molar refractivity (Wildman–Crippen MR) is 122 cm³/mol. The number of anilines is 1. The zero-order valence-electron chi connectivity index (χ0n) is 18.7. The summed E-state index contributed by atoms with van der Waals surface area (Å²) in [6.45, 7) is 6.49. The Morgan fingerprint density at radius 2 is 1.88 bits per heavy atom. The number of hydrogen-bond donors (Lipinski definition) is 2. The summed E-state index contributed by atoms with van der Waals surface area (Å²) in [4.78, 5) is 36.2. The molecule has 9 nitrogen and oxygen atoms in total. The van der Waals surface area contributed by atoms with Crippen molar-refractivity contribution in [1.82, 2.24) is 25.1 Å². The molecular weight excluding hydrogens is 420 g/mol. The van der Waals surface area contributed by atoms with Crippen molar-refractivity contribution in [3.63, 3.8) is 0 Å². The number of aromatic amines is 1. The fraction of sp³-hybridized carbons (Fsp3) is 0.375. The first-order valence-electron chi connectivity index (χ1n) is 11.0. The minimum absolute atomic E-state index is 0.0134. The standard InChI is InChI=1S/C24H26N6O3/c1-24(2)12-16-13-26-23(25)27-19(16)21-18(24)20(28-29-21)17(31)11-14-3-5-15(6-4-14)22(32)30-7-9-33-10-8-30/h3-6,13H,7-12H2,1-2H3,(H,28,29)(H2,25,26,27). The molecular formula is C24H26N6O3. The van der Waals surface area contributed by atoms with E-state index in [9.17, 15) is 9.59 Å². The summed E-state index contributed by atoms with van der Waals surface area (Å²) in [7, 11) is 0. The number of benzene rings is 1. The molecule has 3 N–H and O–H groups in total. The van der Waals surface area contributed by atoms with Crippen molar-refractivity contribution in [1.29, 1.82) is 0 Å². The van der Waals surface area contributed by atoms with E-state index in [1.807, 2.05) is 12.1 Å². The number of Topliss-reactive ketones (excluding diaryl/α,β-unsaturated/α-hetero) is 1. The van der Waals surface area contributed by atoms with Crippen molar-refractivity contribution >= 4 is 17.6 Å². The Hall–Kier alpha value is -3.59. The van der Waals surface area contributed by atoms with E-state index < -0.39 is 0 Å². The molecule has 0 bridgehead atoms. The molecule has 0 saturated carbocycles. The van der Waals surface area contributed by atoms with Gasteiger partial charge in [-0.15, -0.1) is 0 Å². The topological polar surface area (TPSA) is 127 Å². The fourth-order valence-electron chi connectivity index (χ4n) is 4.68. The van der Waals surface area contributed by atoms with Crippen LogP contribution < -0.4 is 5.73 Å². The lowest BCUT2D eigenvalue weighted by atomic mass is 9.72. The Morgan fingerprint density at radius 1 is 1.15 bits per heavy atom. The van der Waals surface area contributed by atoms with Gasteiger partial charge in [-0.2, -0.15) is 5.10 Å². The van der Waals surface area contributed by atoms with Crippen LogP contribution in [0.2, 0.25) is 0 Å². The van der Waals surface area contributed by atoms with Crippen LogP contribution in [0.25, 0.3) is 11.4 Å². The summed E-state index contributed by atoms with van der Waals surface area (Å²) < 4.78 is 5.31. The number of hydrogen-bond acceptors (Lipinski definition) is 7. The summed E-state index contributed by atoms with van der Waals surface area (Å²) in [6, 6.07) is 7.23. The summed E-state index contributed by atoms with van der Waals surface area (Å²) >= 11 is 0. The summed E-state index contributed by atoms with van der Waals surface area (Å²) in [5.74, 6) is 0.108. The number of aromatic nitrogens is 4. The van der Waals surface area contributed by atoms with Gasteiger partial charge in [0.1, 0.15) is 11.4 Å². The van der Waals surface area contributed by atoms with Crippen LogP contribution in [0, 0.1) is 0 Å². The number of amides is 1. The lowest BCUT2D eigenvalue weighted by Crippen LogP contribution is -2.40. The zero-order chi connectivity index (χ0) is 23.2. The number of nitrogens with two attached hydrogens (primary N) is 1. The van der Waals surface area contributed by atoms with E-state index in [4.69, 9.17) is 10.5 Å². The molecule has 2 aromatic heterocycles. The maximum atomic E-state index is 13.3. The van der Waals surface area contributed by atoms with Gasteiger partial charge in [0.15, 0.2) is 5.78 Å². The van der Waals surface area contributed by atoms with Crippen LogP contribution in [0.3, 0.4) is 0 Å². The fourth-order valence-corrected chi connectivity index (χ4v) is 4.68. The summed E-state index contributed by atoms with van der Waals surface area (Å²) in [6.07, 6.45) is 2.63. The van der Waals surface area contributed by atoms with Crippen molar-refractivity contribution in [2.75, 3.05) is 32.0 Å². The van der Waals surface area contributed by atoms with Crippen molar-refractivity contribution in [3.05, 3.63) is 58.4 Å². The molecule has 0 spiro atoms. The van der Waals surface area contributed by atoms with Gasteiger partial charge in [-0.3, -0.25) is 14.7 Å². The molecule has 1 fully saturated rings. The van der Waals surface area contributed by atoms with Crippen LogP contribution >= 0.6 is 0 Å². The Bertz CT molecular complexity index is 1230. The molecule has 1 aliphatic carbocycles. The van der Waals surface area contributed by atoms with Crippen molar-refractivity contribution in [2.45, 2.75) is 32.1 Å². The number of nitrogens with zero attached hydrogens (tertiary/aromatic N) is 4. The molecule has 9 heteroatoms. The second-order valence-corrected chi connectivity index (χ2v) is 9.19. The van der Waals surface area contributed by atoms with Crippen LogP contribution in [0.4, 0.5) is 5.95 Å². The zero-order valence-corrected chi connectivity index (χ0v) is 18.7. The number of ether oxygens (including phenoxy) is 1. The smallest absolute Gasteiger partial charge is 0.254 e. The number of H-pyrrole nitrogens is 1. The molecule has 0 unspecified atom stereocenters. The average Bonchev–Trinajstić information content (AvgIpc) is 3.27. The lowest BCUT2D eigenvalue weighted by molar-refractivity contribution is 0.0303. The first-order chi connectivity index (χ1) is 15.8. The van der Waals surface area contributed by atoms with Crippen molar-refractivity contribution < 1.29 is 14.3 Å². The van der Waals surface area contributed by atoms with E-state index in [1.165, 1.54) is 0 Å². The van der Waals surface area contributed by atoms with Gasteiger partial charge in [-0.1, -0.05) is 26.0 Å². The second-order valence-electron chi connectivity index (χ2n) is 9.19. The number of fused-ring (bicyclic) bond motifs is 3. The molecule has 1 amide bonds. The molecule has 1 aromatic carbocycles. The first kappa shape index (κ1) is 21.3. The van der Waals surface area contributed by atoms with Gasteiger partial charge in [-0.25, -0.2) is 9.97 Å². The van der Waals surface area contributed by atoms with E-state index in [1.54, 1.807) is 23.2 Å². The van der Waals surface area contributed by atoms with E-state index >= 15 is 0 Å². The number of ketones is 1. The monoisotopic (exact) mass is 446 g/mol. The third-order valence-electron chi connectivity index (χ3n) is 6.33. The van der Waals surface area contributed by atoms with Crippen LogP contribution in [0.5, 0.6) is 0 Å². The Morgan fingerprint density at radius 3 is 2.61 bits per heavy atom. The quantitative estimate of drug-likeness (QED) is 0.588. The molecule has 0 radical (unpaired) electrons. The van der Waals surface area contributed by atoms with Gasteiger partial charge in [0, 0.05) is 36.8 Å². The number of nitrogen functional groups attached to an aromatic ring is 1. The Kier molecular flexibility index (Phi) is 5.20. The van der Waals surface area contributed by atoms with E-state index in [2.05, 4.69) is 34.0 Å². The number of rotatable bonds is 4. The number of nitrogens with one attached hydrogen (secondary N) is 1. The maximum Gasteiger partial charge on any atom is 0.254 e. The highest BCUT2D eigenvalue weighted by molar-refractivity contribution is 5.99. The minimum Gasteiger partial charge on any atom is -0.378 e. The molecule has 0 atom stereocenters. The van der Waals surface area contributed by atoms with Gasteiger partial charge in [0.05, 0.1) is 18.9 Å². The molecule has 3 aromatic rings. The van der Waals surface area contributed by atoms with Crippen LogP contribution in [0.15, 0.2) is 30.5 Å². The van der Waals surface area contributed by atoms with Gasteiger partial charge >= 0.3 is 0 Å². The predicted octanol–water partition coefficient (Wildman–Crippen LogP) is 2.18. The highest BCUT2D eigenvalue weighted by Crippen LogP contribution is 2.42. The average molecular weight is 447 g/mol. The second kappa shape index (κ2) is 8.08. The molecule has 3 heterocycles. The lowest BCUT2D eigenvalue weighted by Gasteiger charge is -2.30. The molecule has 1 aliphatic heterocycles. The van der Waals surface area contributed by atoms with Crippen LogP contribution in [-0.2, 0) is 23.0 Å². The molecule has 170 valence electrons. The van der Waals surface area contributed by atoms with Gasteiger partial charge in [0.25, 0.3) is 5.91 Å². The van der Waals surface area contributed by atoms with Gasteiger partial charge in [-0.05, 0) is 35.1 Å². The van der Waals surface area contributed by atoms with Crippen LogP contribution in [0.1, 0.15) is 51.4 Å².